The molecule has 1 saturated heterocycles. The lowest BCUT2D eigenvalue weighted by atomic mass is 9.99. The molecule has 1 heterocycles. The molecule has 1 aliphatic heterocycles. The zero-order chi connectivity index (χ0) is 16.3. The molecule has 2 rings (SSSR count). The van der Waals surface area contributed by atoms with E-state index in [1.165, 1.54) is 14.2 Å². The first-order valence-corrected chi connectivity index (χ1v) is 6.71. The second-order valence-corrected chi connectivity index (χ2v) is 4.83. The summed E-state index contributed by atoms with van der Waals surface area (Å²) in [6.45, 7) is -0.523. The van der Waals surface area contributed by atoms with Gasteiger partial charge in [-0.2, -0.15) is 0 Å². The maximum Gasteiger partial charge on any atom is 0.229 e. The summed E-state index contributed by atoms with van der Waals surface area (Å²) in [7, 11) is 2.95. The van der Waals surface area contributed by atoms with Gasteiger partial charge in [0.15, 0.2) is 11.5 Å². The molecule has 22 heavy (non-hydrogen) atoms. The highest BCUT2D eigenvalue weighted by molar-refractivity contribution is 5.45. The first kappa shape index (κ1) is 16.8. The number of hydrogen-bond donors (Lipinski definition) is 4. The molecule has 0 saturated carbocycles. The van der Waals surface area contributed by atoms with E-state index in [9.17, 15) is 15.3 Å². The van der Waals surface area contributed by atoms with Crippen molar-refractivity contribution in [2.45, 2.75) is 30.7 Å². The first-order chi connectivity index (χ1) is 10.5. The first-order valence-electron chi connectivity index (χ1n) is 6.71. The van der Waals surface area contributed by atoms with Gasteiger partial charge in [-0.25, -0.2) is 0 Å². The fourth-order valence-corrected chi connectivity index (χ4v) is 2.16. The fraction of sp³-hybridized carbons (Fsp3) is 0.571. The maximum absolute atomic E-state index is 9.94. The molecule has 0 aliphatic carbocycles. The van der Waals surface area contributed by atoms with Gasteiger partial charge in [-0.05, 0) is 12.1 Å². The molecule has 8 nitrogen and oxygen atoms in total. The summed E-state index contributed by atoms with van der Waals surface area (Å²) in [5.74, 6) is 1.15. The van der Waals surface area contributed by atoms with Crippen molar-refractivity contribution < 1.29 is 39.4 Å². The van der Waals surface area contributed by atoms with Crippen LogP contribution in [0, 0.1) is 0 Å². The van der Waals surface area contributed by atoms with Gasteiger partial charge in [0.05, 0.1) is 20.8 Å². The minimum Gasteiger partial charge on any atom is -0.497 e. The van der Waals surface area contributed by atoms with Gasteiger partial charge in [0.2, 0.25) is 6.29 Å². The van der Waals surface area contributed by atoms with E-state index in [0.717, 1.165) is 0 Å². The lowest BCUT2D eigenvalue weighted by Gasteiger charge is -2.39. The van der Waals surface area contributed by atoms with Crippen LogP contribution in [0.15, 0.2) is 18.2 Å². The second-order valence-electron chi connectivity index (χ2n) is 4.83. The largest absolute Gasteiger partial charge is 0.497 e. The van der Waals surface area contributed by atoms with E-state index < -0.39 is 37.3 Å². The van der Waals surface area contributed by atoms with Crippen molar-refractivity contribution in [3.05, 3.63) is 18.2 Å². The van der Waals surface area contributed by atoms with E-state index in [2.05, 4.69) is 0 Å². The summed E-state index contributed by atoms with van der Waals surface area (Å²) in [5.41, 5.74) is 0. The molecule has 0 bridgehead atoms. The Morgan fingerprint density at radius 2 is 1.73 bits per heavy atom. The SMILES string of the molecule is COc1ccc(O[C@@H]2O[C@H](CO)[C@H](O)[C@@H](O)[C@H]2O)c(OC)c1. The number of rotatable bonds is 5. The van der Waals surface area contributed by atoms with E-state index in [4.69, 9.17) is 24.1 Å². The summed E-state index contributed by atoms with van der Waals surface area (Å²) in [5, 5.41) is 38.5. The van der Waals surface area contributed by atoms with Crippen molar-refractivity contribution in [3.8, 4) is 17.2 Å². The summed E-state index contributed by atoms with van der Waals surface area (Å²) in [4.78, 5) is 0. The highest BCUT2D eigenvalue weighted by Crippen LogP contribution is 2.33. The minimum atomic E-state index is -1.50. The summed E-state index contributed by atoms with van der Waals surface area (Å²) >= 11 is 0. The molecule has 0 radical (unpaired) electrons. The van der Waals surface area contributed by atoms with E-state index in [1.807, 2.05) is 0 Å². The van der Waals surface area contributed by atoms with Crippen LogP contribution in [0.4, 0.5) is 0 Å². The molecule has 1 aromatic rings. The van der Waals surface area contributed by atoms with Crippen LogP contribution in [0.2, 0.25) is 0 Å². The Morgan fingerprint density at radius 1 is 1.00 bits per heavy atom. The normalized spacial score (nSPS) is 31.6. The quantitative estimate of drug-likeness (QED) is 0.540. The Balaban J connectivity index is 2.18. The van der Waals surface area contributed by atoms with Crippen LogP contribution in [0.3, 0.4) is 0 Å². The van der Waals surface area contributed by atoms with Gasteiger partial charge < -0.3 is 39.4 Å². The molecular formula is C14H20O8. The van der Waals surface area contributed by atoms with Crippen LogP contribution in [-0.2, 0) is 4.74 Å². The molecule has 5 atom stereocenters. The molecule has 4 N–H and O–H groups in total. The number of aliphatic hydroxyl groups is 4. The Kier molecular flexibility index (Phi) is 5.43. The zero-order valence-corrected chi connectivity index (χ0v) is 12.2. The van der Waals surface area contributed by atoms with Crippen molar-refractivity contribution in [2.24, 2.45) is 0 Å². The van der Waals surface area contributed by atoms with E-state index in [1.54, 1.807) is 18.2 Å². The maximum atomic E-state index is 9.94. The van der Waals surface area contributed by atoms with Gasteiger partial charge in [0.25, 0.3) is 0 Å². The number of benzene rings is 1. The number of hydrogen-bond acceptors (Lipinski definition) is 8. The van der Waals surface area contributed by atoms with Gasteiger partial charge in [0, 0.05) is 6.07 Å². The van der Waals surface area contributed by atoms with Crippen LogP contribution in [0.1, 0.15) is 0 Å². The molecule has 124 valence electrons. The summed E-state index contributed by atoms with van der Waals surface area (Å²) in [6.07, 6.45) is -6.71. The molecule has 8 heteroatoms. The Labute approximate surface area is 127 Å². The van der Waals surface area contributed by atoms with Crippen molar-refractivity contribution >= 4 is 0 Å². The minimum absolute atomic E-state index is 0.257. The highest BCUT2D eigenvalue weighted by Gasteiger charge is 2.44. The number of aliphatic hydroxyl groups excluding tert-OH is 4. The standard InChI is InChI=1S/C14H20O8/c1-19-7-3-4-8(9(5-7)20-2)21-14-13(18)12(17)11(16)10(6-15)22-14/h3-5,10-18H,6H2,1-2H3/t10-,11+,12-,13-,14-/m1/s1. The van der Waals surface area contributed by atoms with E-state index >= 15 is 0 Å². The molecule has 0 spiro atoms. The predicted molar refractivity (Wildman–Crippen MR) is 73.9 cm³/mol. The van der Waals surface area contributed by atoms with Crippen LogP contribution < -0.4 is 14.2 Å². The average molecular weight is 316 g/mol. The lowest BCUT2D eigenvalue weighted by molar-refractivity contribution is -0.277. The van der Waals surface area contributed by atoms with Crippen LogP contribution in [0.5, 0.6) is 17.2 Å². The van der Waals surface area contributed by atoms with E-state index in [-0.39, 0.29) is 5.75 Å². The molecule has 1 fully saturated rings. The number of ether oxygens (including phenoxy) is 4. The Morgan fingerprint density at radius 3 is 2.32 bits per heavy atom. The molecule has 0 unspecified atom stereocenters. The highest BCUT2D eigenvalue weighted by atomic mass is 16.7. The Hall–Kier alpha value is -1.58. The van der Waals surface area contributed by atoms with Crippen molar-refractivity contribution in [1.29, 1.82) is 0 Å². The summed E-state index contributed by atoms with van der Waals surface area (Å²) in [6, 6.07) is 4.76. The van der Waals surface area contributed by atoms with Gasteiger partial charge in [0.1, 0.15) is 30.2 Å². The number of methoxy groups -OCH3 is 2. The zero-order valence-electron chi connectivity index (χ0n) is 12.2. The van der Waals surface area contributed by atoms with Crippen LogP contribution in [-0.4, -0.2) is 72.0 Å². The van der Waals surface area contributed by atoms with Crippen LogP contribution in [0.25, 0.3) is 0 Å². The van der Waals surface area contributed by atoms with E-state index in [0.29, 0.717) is 11.5 Å². The topological polar surface area (TPSA) is 118 Å². The van der Waals surface area contributed by atoms with Crippen molar-refractivity contribution in [3.63, 3.8) is 0 Å². The average Bonchev–Trinajstić information content (AvgIpc) is 2.55. The molecule has 0 aromatic heterocycles. The van der Waals surface area contributed by atoms with Crippen molar-refractivity contribution in [2.75, 3.05) is 20.8 Å². The third-order valence-electron chi connectivity index (χ3n) is 3.46. The molecule has 0 amide bonds. The third-order valence-corrected chi connectivity index (χ3v) is 3.46. The molecule has 1 aliphatic rings. The van der Waals surface area contributed by atoms with Crippen molar-refractivity contribution in [1.82, 2.24) is 0 Å². The Bertz CT molecular complexity index is 492. The smallest absolute Gasteiger partial charge is 0.229 e. The monoisotopic (exact) mass is 316 g/mol. The summed E-state index contributed by atoms with van der Waals surface area (Å²) < 4.78 is 21.0. The molecule has 1 aromatic carbocycles. The van der Waals surface area contributed by atoms with Gasteiger partial charge in [-0.15, -0.1) is 0 Å². The molecular weight excluding hydrogens is 296 g/mol. The fourth-order valence-electron chi connectivity index (χ4n) is 2.16. The lowest BCUT2D eigenvalue weighted by Crippen LogP contribution is -2.60. The predicted octanol–water partition coefficient (Wildman–Crippen LogP) is -1.12. The van der Waals surface area contributed by atoms with Gasteiger partial charge in [-0.3, -0.25) is 0 Å². The third kappa shape index (κ3) is 3.26. The van der Waals surface area contributed by atoms with Crippen LogP contribution >= 0.6 is 0 Å². The van der Waals surface area contributed by atoms with Gasteiger partial charge in [-0.1, -0.05) is 0 Å². The van der Waals surface area contributed by atoms with Gasteiger partial charge >= 0.3 is 0 Å². The second kappa shape index (κ2) is 7.12.